The molecular formula is C15H26N4O2. The molecule has 1 unspecified atom stereocenters. The van der Waals surface area contributed by atoms with E-state index in [4.69, 9.17) is 4.52 Å². The van der Waals surface area contributed by atoms with Gasteiger partial charge in [-0.05, 0) is 19.5 Å². The van der Waals surface area contributed by atoms with Gasteiger partial charge in [0.25, 0.3) is 0 Å². The van der Waals surface area contributed by atoms with Crippen LogP contribution in [0.4, 0.5) is 5.88 Å². The minimum absolute atomic E-state index is 0.0552. The third-order valence-electron chi connectivity index (χ3n) is 3.84. The number of nitrogens with one attached hydrogen (secondary N) is 2. The Balaban J connectivity index is 1.90. The van der Waals surface area contributed by atoms with Crippen molar-refractivity contribution in [3.8, 4) is 0 Å². The standard InChI is InChI=1S/C15H26N4O2/c1-5-19(11-6-7-16-9-11)10-13(20)17-14-8-12(18-21-14)15(2,3)4/h8,11,16H,5-7,9-10H2,1-4H3,(H,17,20). The first-order valence-electron chi connectivity index (χ1n) is 7.62. The summed E-state index contributed by atoms with van der Waals surface area (Å²) in [6.07, 6.45) is 1.09. The van der Waals surface area contributed by atoms with E-state index in [1.54, 1.807) is 6.07 Å². The number of carbonyl (C=O) groups is 1. The number of carbonyl (C=O) groups excluding carboxylic acids is 1. The second kappa shape index (κ2) is 6.58. The fourth-order valence-electron chi connectivity index (χ4n) is 2.50. The van der Waals surface area contributed by atoms with Gasteiger partial charge in [-0.15, -0.1) is 0 Å². The number of anilines is 1. The molecule has 1 fully saturated rings. The van der Waals surface area contributed by atoms with Gasteiger partial charge in [0.05, 0.1) is 12.2 Å². The van der Waals surface area contributed by atoms with Gasteiger partial charge < -0.3 is 9.84 Å². The molecule has 0 bridgehead atoms. The number of hydrogen-bond donors (Lipinski definition) is 2. The number of aromatic nitrogens is 1. The van der Waals surface area contributed by atoms with E-state index >= 15 is 0 Å². The maximum atomic E-state index is 12.1. The molecule has 1 aliphatic heterocycles. The Labute approximate surface area is 126 Å². The van der Waals surface area contributed by atoms with Crippen molar-refractivity contribution in [1.82, 2.24) is 15.4 Å². The molecule has 1 aromatic rings. The molecule has 0 aromatic carbocycles. The summed E-state index contributed by atoms with van der Waals surface area (Å²) in [5.41, 5.74) is 0.752. The maximum Gasteiger partial charge on any atom is 0.240 e. The molecule has 6 heteroatoms. The largest absolute Gasteiger partial charge is 0.338 e. The number of hydrogen-bond acceptors (Lipinski definition) is 5. The summed E-state index contributed by atoms with van der Waals surface area (Å²) >= 11 is 0. The van der Waals surface area contributed by atoms with Crippen LogP contribution in [0.2, 0.25) is 0 Å². The zero-order chi connectivity index (χ0) is 15.5. The fraction of sp³-hybridized carbons (Fsp3) is 0.733. The number of nitrogens with zero attached hydrogens (tertiary/aromatic N) is 2. The predicted molar refractivity (Wildman–Crippen MR) is 82.4 cm³/mol. The highest BCUT2D eigenvalue weighted by Gasteiger charge is 2.24. The van der Waals surface area contributed by atoms with E-state index in [-0.39, 0.29) is 11.3 Å². The van der Waals surface area contributed by atoms with Gasteiger partial charge in [0, 0.05) is 24.1 Å². The molecule has 6 nitrogen and oxygen atoms in total. The lowest BCUT2D eigenvalue weighted by atomic mass is 9.92. The average molecular weight is 294 g/mol. The molecule has 2 heterocycles. The molecule has 1 aliphatic rings. The highest BCUT2D eigenvalue weighted by atomic mass is 16.5. The van der Waals surface area contributed by atoms with Crippen LogP contribution in [0.15, 0.2) is 10.6 Å². The van der Waals surface area contributed by atoms with E-state index in [2.05, 4.69) is 48.4 Å². The van der Waals surface area contributed by atoms with E-state index in [1.807, 2.05) is 0 Å². The Morgan fingerprint density at radius 1 is 1.57 bits per heavy atom. The van der Waals surface area contributed by atoms with E-state index in [1.165, 1.54) is 0 Å². The van der Waals surface area contributed by atoms with Crippen molar-refractivity contribution in [1.29, 1.82) is 0 Å². The smallest absolute Gasteiger partial charge is 0.240 e. The zero-order valence-corrected chi connectivity index (χ0v) is 13.4. The molecule has 2 N–H and O–H groups in total. The Hall–Kier alpha value is -1.40. The van der Waals surface area contributed by atoms with Crippen LogP contribution < -0.4 is 10.6 Å². The molecule has 0 radical (unpaired) electrons. The molecule has 2 rings (SSSR count). The van der Waals surface area contributed by atoms with Crippen LogP contribution in [0.25, 0.3) is 0 Å². The Morgan fingerprint density at radius 3 is 2.86 bits per heavy atom. The molecule has 0 saturated carbocycles. The van der Waals surface area contributed by atoms with Gasteiger partial charge in [-0.1, -0.05) is 32.9 Å². The van der Waals surface area contributed by atoms with Crippen LogP contribution in [0.5, 0.6) is 0 Å². The van der Waals surface area contributed by atoms with Crippen LogP contribution in [-0.4, -0.2) is 48.2 Å². The summed E-state index contributed by atoms with van der Waals surface area (Å²) in [5, 5.41) is 10.1. The molecular weight excluding hydrogens is 268 g/mol. The Kier molecular flexibility index (Phi) is 5.00. The number of likely N-dealkylation sites (N-methyl/N-ethyl adjacent to an activating group) is 1. The van der Waals surface area contributed by atoms with E-state index in [9.17, 15) is 4.79 Å². The average Bonchev–Trinajstić information content (AvgIpc) is 3.05. The van der Waals surface area contributed by atoms with Gasteiger partial charge in [-0.25, -0.2) is 0 Å². The van der Waals surface area contributed by atoms with Gasteiger partial charge in [-0.2, -0.15) is 0 Å². The lowest BCUT2D eigenvalue weighted by molar-refractivity contribution is -0.117. The van der Waals surface area contributed by atoms with Gasteiger partial charge in [0.15, 0.2) is 0 Å². The summed E-state index contributed by atoms with van der Waals surface area (Å²) in [5.74, 6) is 0.367. The van der Waals surface area contributed by atoms with Crippen LogP contribution in [0.1, 0.15) is 39.8 Å². The topological polar surface area (TPSA) is 70.4 Å². The summed E-state index contributed by atoms with van der Waals surface area (Å²) in [4.78, 5) is 14.3. The van der Waals surface area contributed by atoms with Crippen LogP contribution in [0.3, 0.4) is 0 Å². The van der Waals surface area contributed by atoms with Crippen LogP contribution in [0, 0.1) is 0 Å². The molecule has 0 spiro atoms. The van der Waals surface area contributed by atoms with Gasteiger partial charge >= 0.3 is 0 Å². The predicted octanol–water partition coefficient (Wildman–Crippen LogP) is 1.59. The van der Waals surface area contributed by atoms with Gasteiger partial charge in [0.2, 0.25) is 11.8 Å². The van der Waals surface area contributed by atoms with Crippen molar-refractivity contribution in [2.24, 2.45) is 0 Å². The first-order chi connectivity index (χ1) is 9.90. The van der Waals surface area contributed by atoms with Crippen molar-refractivity contribution in [2.45, 2.75) is 45.6 Å². The van der Waals surface area contributed by atoms with Crippen molar-refractivity contribution in [3.05, 3.63) is 11.8 Å². The summed E-state index contributed by atoms with van der Waals surface area (Å²) < 4.78 is 5.19. The Bertz CT molecular complexity index is 472. The molecule has 118 valence electrons. The highest BCUT2D eigenvalue weighted by molar-refractivity contribution is 5.91. The third kappa shape index (κ3) is 4.28. The Morgan fingerprint density at radius 2 is 2.33 bits per heavy atom. The van der Waals surface area contributed by atoms with Crippen LogP contribution in [-0.2, 0) is 10.2 Å². The summed E-state index contributed by atoms with van der Waals surface area (Å²) in [6, 6.07) is 2.24. The van der Waals surface area contributed by atoms with Crippen molar-refractivity contribution in [2.75, 3.05) is 31.5 Å². The van der Waals surface area contributed by atoms with Crippen LogP contribution >= 0.6 is 0 Å². The minimum Gasteiger partial charge on any atom is -0.338 e. The number of amides is 1. The quantitative estimate of drug-likeness (QED) is 0.863. The van der Waals surface area contributed by atoms with Gasteiger partial charge in [0.1, 0.15) is 0 Å². The molecule has 1 atom stereocenters. The van der Waals surface area contributed by atoms with Crippen molar-refractivity contribution in [3.63, 3.8) is 0 Å². The lowest BCUT2D eigenvalue weighted by Gasteiger charge is -2.25. The lowest BCUT2D eigenvalue weighted by Crippen LogP contribution is -2.41. The summed E-state index contributed by atoms with van der Waals surface area (Å²) in [6.45, 7) is 11.5. The molecule has 0 aliphatic carbocycles. The second-order valence-electron chi connectivity index (χ2n) is 6.58. The normalized spacial score (nSPS) is 19.2. The van der Waals surface area contributed by atoms with Gasteiger partial charge in [-0.3, -0.25) is 15.0 Å². The molecule has 1 aromatic heterocycles. The fourth-order valence-corrected chi connectivity index (χ4v) is 2.50. The highest BCUT2D eigenvalue weighted by Crippen LogP contribution is 2.23. The monoisotopic (exact) mass is 294 g/mol. The SMILES string of the molecule is CCN(CC(=O)Nc1cc(C(C)(C)C)no1)C1CCNC1. The number of rotatable bonds is 5. The summed E-state index contributed by atoms with van der Waals surface area (Å²) in [7, 11) is 0. The maximum absolute atomic E-state index is 12.1. The molecule has 1 saturated heterocycles. The van der Waals surface area contributed by atoms with E-state index in [0.717, 1.165) is 31.7 Å². The first kappa shape index (κ1) is 16.0. The zero-order valence-electron chi connectivity index (χ0n) is 13.4. The van der Waals surface area contributed by atoms with Crippen molar-refractivity contribution < 1.29 is 9.32 Å². The van der Waals surface area contributed by atoms with Crippen molar-refractivity contribution >= 4 is 11.8 Å². The third-order valence-corrected chi connectivity index (χ3v) is 3.84. The molecule has 21 heavy (non-hydrogen) atoms. The van der Waals surface area contributed by atoms with E-state index < -0.39 is 0 Å². The second-order valence-corrected chi connectivity index (χ2v) is 6.58. The minimum atomic E-state index is -0.0859. The first-order valence-corrected chi connectivity index (χ1v) is 7.62. The van der Waals surface area contributed by atoms with E-state index in [0.29, 0.717) is 18.5 Å². The molecule has 1 amide bonds.